The van der Waals surface area contributed by atoms with E-state index in [4.69, 9.17) is 10.5 Å². The van der Waals surface area contributed by atoms with Crippen LogP contribution in [-0.2, 0) is 11.2 Å². The highest BCUT2D eigenvalue weighted by Gasteiger charge is 2.31. The fourth-order valence-corrected chi connectivity index (χ4v) is 5.79. The first-order chi connectivity index (χ1) is 15.3. The fourth-order valence-electron chi connectivity index (χ4n) is 5.18. The lowest BCUT2D eigenvalue weighted by molar-refractivity contribution is 0.0338. The summed E-state index contributed by atoms with van der Waals surface area (Å²) in [6.07, 6.45) is 6.75. The van der Waals surface area contributed by atoms with Crippen molar-refractivity contribution in [1.82, 2.24) is 4.98 Å². The van der Waals surface area contributed by atoms with Crippen LogP contribution in [0.15, 0.2) is 46.9 Å². The van der Waals surface area contributed by atoms with Crippen LogP contribution in [0.3, 0.4) is 0 Å². The molecule has 2 unspecified atom stereocenters. The van der Waals surface area contributed by atoms with Crippen molar-refractivity contribution in [2.45, 2.75) is 70.9 Å². The van der Waals surface area contributed by atoms with Gasteiger partial charge >= 0.3 is 5.97 Å². The molecule has 3 N–H and O–H groups in total. The number of esters is 1. The number of aromatic amines is 1. The van der Waals surface area contributed by atoms with E-state index < -0.39 is 0 Å². The number of aryl methyl sites for hydroxylation is 1. The quantitative estimate of drug-likeness (QED) is 0.361. The number of fused-ring (bicyclic) bond motifs is 1. The molecule has 32 heavy (non-hydrogen) atoms. The Morgan fingerprint density at radius 1 is 1.22 bits per heavy atom. The largest absolute Gasteiger partial charge is 0.454 e. The van der Waals surface area contributed by atoms with Gasteiger partial charge in [0.05, 0.1) is 5.56 Å². The van der Waals surface area contributed by atoms with Gasteiger partial charge < -0.3 is 15.5 Å². The second-order valence-corrected chi connectivity index (χ2v) is 10.4. The predicted molar refractivity (Wildman–Crippen MR) is 134 cm³/mol. The molecular formula is C27H33BrN2O2. The molecule has 3 aromatic rings. The lowest BCUT2D eigenvalue weighted by atomic mass is 9.73. The number of carbonyl (C=O) groups excluding carboxylic acids is 1. The van der Waals surface area contributed by atoms with Crippen LogP contribution >= 0.6 is 15.9 Å². The van der Waals surface area contributed by atoms with E-state index in [0.717, 1.165) is 33.1 Å². The van der Waals surface area contributed by atoms with E-state index in [2.05, 4.69) is 46.0 Å². The van der Waals surface area contributed by atoms with Crippen molar-refractivity contribution in [3.63, 3.8) is 0 Å². The fraction of sp³-hybridized carbons (Fsp3) is 0.444. The normalized spacial score (nSPS) is 17.8. The second kappa shape index (κ2) is 9.40. The van der Waals surface area contributed by atoms with Crippen LogP contribution in [0.2, 0.25) is 0 Å². The monoisotopic (exact) mass is 496 g/mol. The molecule has 4 nitrogen and oxygen atoms in total. The highest BCUT2D eigenvalue weighted by Crippen LogP contribution is 2.34. The molecular weight excluding hydrogens is 464 g/mol. The van der Waals surface area contributed by atoms with Gasteiger partial charge in [-0.25, -0.2) is 4.79 Å². The van der Waals surface area contributed by atoms with Gasteiger partial charge in [0.15, 0.2) is 0 Å². The Balaban J connectivity index is 1.59. The molecule has 170 valence electrons. The number of rotatable bonds is 6. The number of benzene rings is 2. The molecule has 0 radical (unpaired) electrons. The third kappa shape index (κ3) is 4.79. The first-order valence-corrected chi connectivity index (χ1v) is 12.4. The summed E-state index contributed by atoms with van der Waals surface area (Å²) in [6.45, 7) is 6.01. The Kier molecular flexibility index (Phi) is 6.78. The topological polar surface area (TPSA) is 68.1 Å². The number of hydrogen-bond acceptors (Lipinski definition) is 3. The van der Waals surface area contributed by atoms with Gasteiger partial charge in [-0.2, -0.15) is 0 Å². The zero-order valence-corrected chi connectivity index (χ0v) is 20.8. The van der Waals surface area contributed by atoms with Crippen molar-refractivity contribution in [1.29, 1.82) is 0 Å². The summed E-state index contributed by atoms with van der Waals surface area (Å²) in [4.78, 5) is 16.5. The van der Waals surface area contributed by atoms with Gasteiger partial charge in [-0.1, -0.05) is 59.5 Å². The summed E-state index contributed by atoms with van der Waals surface area (Å²) in [5.41, 5.74) is 11.1. The lowest BCUT2D eigenvalue weighted by Gasteiger charge is -2.37. The van der Waals surface area contributed by atoms with Gasteiger partial charge in [0.2, 0.25) is 0 Å². The van der Waals surface area contributed by atoms with E-state index in [1.165, 1.54) is 37.7 Å². The van der Waals surface area contributed by atoms with Gasteiger partial charge in [-0.05, 0) is 69.7 Å². The van der Waals surface area contributed by atoms with E-state index in [0.29, 0.717) is 11.5 Å². The summed E-state index contributed by atoms with van der Waals surface area (Å²) in [5, 5.41) is 0.906. The molecule has 1 heterocycles. The van der Waals surface area contributed by atoms with E-state index in [1.807, 2.05) is 38.1 Å². The number of carbonyl (C=O) groups is 1. The van der Waals surface area contributed by atoms with E-state index in [-0.39, 0.29) is 17.6 Å². The van der Waals surface area contributed by atoms with Crippen LogP contribution in [0.1, 0.15) is 79.2 Å². The van der Waals surface area contributed by atoms with Gasteiger partial charge in [0.25, 0.3) is 0 Å². The van der Waals surface area contributed by atoms with Gasteiger partial charge in [-0.3, -0.25) is 0 Å². The van der Waals surface area contributed by atoms with Crippen LogP contribution in [0.4, 0.5) is 0 Å². The standard InChI is InChI=1S/C27H33BrN2O2/c1-17-25(26(31)32-18(2)21-11-7-8-12-23(21)28)22-15-19(13-14-24(22)30-17)16-27(3,29)20-9-5-4-6-10-20/h7-8,11-15,18,20,30H,4-6,9-10,16,29H2,1-3H3. The highest BCUT2D eigenvalue weighted by atomic mass is 79.9. The number of ether oxygens (including phenoxy) is 1. The van der Waals surface area contributed by atoms with Crippen molar-refractivity contribution in [3.8, 4) is 0 Å². The molecule has 2 atom stereocenters. The maximum absolute atomic E-state index is 13.2. The highest BCUT2D eigenvalue weighted by molar-refractivity contribution is 9.10. The van der Waals surface area contributed by atoms with Crippen molar-refractivity contribution in [3.05, 3.63) is 69.3 Å². The summed E-state index contributed by atoms with van der Waals surface area (Å²) in [5.74, 6) is 0.242. The summed E-state index contributed by atoms with van der Waals surface area (Å²) >= 11 is 3.55. The third-order valence-corrected chi connectivity index (χ3v) is 7.73. The second-order valence-electron chi connectivity index (χ2n) is 9.59. The molecule has 0 bridgehead atoms. The Hall–Kier alpha value is -2.11. The van der Waals surface area contributed by atoms with Crippen molar-refractivity contribution >= 4 is 32.8 Å². The molecule has 5 heteroatoms. The minimum Gasteiger partial charge on any atom is -0.454 e. The molecule has 1 saturated carbocycles. The summed E-state index contributed by atoms with van der Waals surface area (Å²) in [6, 6.07) is 14.1. The maximum atomic E-state index is 13.2. The molecule has 0 saturated heterocycles. The number of H-pyrrole nitrogens is 1. The number of nitrogens with two attached hydrogens (primary N) is 1. The van der Waals surface area contributed by atoms with Gasteiger partial charge in [0.1, 0.15) is 6.10 Å². The molecule has 1 aliphatic rings. The Morgan fingerprint density at radius 3 is 2.66 bits per heavy atom. The zero-order chi connectivity index (χ0) is 22.9. The average molecular weight is 497 g/mol. The van der Waals surface area contributed by atoms with Crippen LogP contribution in [0, 0.1) is 12.8 Å². The number of aromatic nitrogens is 1. The van der Waals surface area contributed by atoms with Crippen LogP contribution < -0.4 is 5.73 Å². The molecule has 1 aliphatic carbocycles. The number of halogens is 1. The van der Waals surface area contributed by atoms with Gasteiger partial charge in [-0.15, -0.1) is 0 Å². The van der Waals surface area contributed by atoms with E-state index in [1.54, 1.807) is 0 Å². The molecule has 0 amide bonds. The van der Waals surface area contributed by atoms with Crippen LogP contribution in [0.25, 0.3) is 10.9 Å². The van der Waals surface area contributed by atoms with Crippen molar-refractivity contribution < 1.29 is 9.53 Å². The maximum Gasteiger partial charge on any atom is 0.341 e. The lowest BCUT2D eigenvalue weighted by Crippen LogP contribution is -2.47. The Labute approximate surface area is 199 Å². The average Bonchev–Trinajstić information content (AvgIpc) is 3.09. The van der Waals surface area contributed by atoms with Crippen LogP contribution in [0.5, 0.6) is 0 Å². The minimum absolute atomic E-state index is 0.242. The first kappa shape index (κ1) is 23.1. The Morgan fingerprint density at radius 2 is 1.94 bits per heavy atom. The molecule has 1 aromatic heterocycles. The molecule has 4 rings (SSSR count). The van der Waals surface area contributed by atoms with Crippen molar-refractivity contribution in [2.75, 3.05) is 0 Å². The minimum atomic E-state index is -0.357. The van der Waals surface area contributed by atoms with E-state index >= 15 is 0 Å². The predicted octanol–water partition coefficient (Wildman–Crippen LogP) is 7.00. The number of nitrogens with one attached hydrogen (secondary N) is 1. The SMILES string of the molecule is Cc1[nH]c2ccc(CC(C)(N)C3CCCCC3)cc2c1C(=O)OC(C)c1ccccc1Br. The molecule has 0 spiro atoms. The number of hydrogen-bond donors (Lipinski definition) is 2. The van der Waals surface area contributed by atoms with Crippen LogP contribution in [-0.4, -0.2) is 16.5 Å². The molecule has 2 aromatic carbocycles. The first-order valence-electron chi connectivity index (χ1n) is 11.6. The molecule has 1 fully saturated rings. The Bertz CT molecular complexity index is 1110. The van der Waals surface area contributed by atoms with Gasteiger partial charge in [0, 0.05) is 32.2 Å². The van der Waals surface area contributed by atoms with Crippen molar-refractivity contribution in [2.24, 2.45) is 11.7 Å². The third-order valence-electron chi connectivity index (χ3n) is 7.00. The summed E-state index contributed by atoms with van der Waals surface area (Å²) in [7, 11) is 0. The summed E-state index contributed by atoms with van der Waals surface area (Å²) < 4.78 is 6.81. The van der Waals surface area contributed by atoms with E-state index in [9.17, 15) is 4.79 Å². The molecule has 0 aliphatic heterocycles. The zero-order valence-electron chi connectivity index (χ0n) is 19.2. The smallest absolute Gasteiger partial charge is 0.341 e.